The summed E-state index contributed by atoms with van der Waals surface area (Å²) in [5.41, 5.74) is 7.93. The molecule has 0 fully saturated rings. The Labute approximate surface area is 219 Å². The number of unbranched alkanes of at least 4 members (excludes halogenated alkanes) is 3. The molecule has 2 rings (SSSR count). The van der Waals surface area contributed by atoms with Crippen LogP contribution in [0.15, 0.2) is 46.6 Å². The van der Waals surface area contributed by atoms with E-state index < -0.39 is 0 Å². The first kappa shape index (κ1) is 28.1. The predicted molar refractivity (Wildman–Crippen MR) is 141 cm³/mol. The quantitative estimate of drug-likeness (QED) is 0.181. The summed E-state index contributed by atoms with van der Waals surface area (Å²) >= 11 is 23.8. The molecule has 2 amide bonds. The number of amides is 2. The van der Waals surface area contributed by atoms with E-state index in [0.29, 0.717) is 57.2 Å². The minimum Gasteiger partial charge on any atom is -0.273 e. The molecule has 0 radical (unpaired) electrons. The second kappa shape index (κ2) is 14.3. The Bertz CT molecular complexity index is 1000. The van der Waals surface area contributed by atoms with E-state index in [1.807, 2.05) is 0 Å². The normalized spacial score (nSPS) is 11.9. The second-order valence-electron chi connectivity index (χ2n) is 7.64. The Balaban J connectivity index is 1.61. The van der Waals surface area contributed by atoms with Gasteiger partial charge in [-0.25, -0.2) is 10.9 Å². The van der Waals surface area contributed by atoms with Gasteiger partial charge in [-0.2, -0.15) is 10.2 Å². The summed E-state index contributed by atoms with van der Waals surface area (Å²) in [7, 11) is 0. The van der Waals surface area contributed by atoms with E-state index in [1.54, 1.807) is 50.2 Å². The highest BCUT2D eigenvalue weighted by atomic mass is 35.5. The van der Waals surface area contributed by atoms with E-state index in [4.69, 9.17) is 46.4 Å². The summed E-state index contributed by atoms with van der Waals surface area (Å²) in [6.07, 6.45) is 3.81. The Morgan fingerprint density at radius 2 is 1.03 bits per heavy atom. The number of carbonyl (C=O) groups excluding carboxylic acids is 2. The summed E-state index contributed by atoms with van der Waals surface area (Å²) < 4.78 is 0. The van der Waals surface area contributed by atoms with Gasteiger partial charge in [0.05, 0.1) is 31.5 Å². The van der Waals surface area contributed by atoms with Crippen molar-refractivity contribution in [3.05, 3.63) is 67.6 Å². The number of carbonyl (C=O) groups is 2. The van der Waals surface area contributed by atoms with Crippen molar-refractivity contribution in [2.45, 2.75) is 52.4 Å². The van der Waals surface area contributed by atoms with Crippen molar-refractivity contribution in [2.24, 2.45) is 10.2 Å². The lowest BCUT2D eigenvalue weighted by molar-refractivity contribution is -0.122. The topological polar surface area (TPSA) is 82.9 Å². The molecule has 6 nitrogen and oxygen atoms in total. The van der Waals surface area contributed by atoms with Crippen LogP contribution in [0.5, 0.6) is 0 Å². The molecule has 0 atom stereocenters. The molecule has 0 spiro atoms. The molecule has 34 heavy (non-hydrogen) atoms. The third kappa shape index (κ3) is 9.63. The maximum absolute atomic E-state index is 12.0. The van der Waals surface area contributed by atoms with E-state index in [1.165, 1.54) is 0 Å². The van der Waals surface area contributed by atoms with Crippen molar-refractivity contribution in [1.29, 1.82) is 0 Å². The van der Waals surface area contributed by atoms with E-state index in [-0.39, 0.29) is 11.8 Å². The summed E-state index contributed by atoms with van der Waals surface area (Å²) in [4.78, 5) is 24.0. The summed E-state index contributed by atoms with van der Waals surface area (Å²) in [6.45, 7) is 3.56. The average Bonchev–Trinajstić information content (AvgIpc) is 2.81. The lowest BCUT2D eigenvalue weighted by atomic mass is 10.1. The van der Waals surface area contributed by atoms with Crippen LogP contribution >= 0.6 is 46.4 Å². The zero-order valence-corrected chi connectivity index (χ0v) is 22.0. The van der Waals surface area contributed by atoms with Gasteiger partial charge in [0.1, 0.15) is 0 Å². The van der Waals surface area contributed by atoms with Gasteiger partial charge in [-0.1, -0.05) is 71.4 Å². The van der Waals surface area contributed by atoms with Gasteiger partial charge in [-0.15, -0.1) is 0 Å². The molecule has 0 bridgehead atoms. The number of hydrogen-bond donors (Lipinski definition) is 2. The van der Waals surface area contributed by atoms with E-state index in [2.05, 4.69) is 21.1 Å². The van der Waals surface area contributed by atoms with E-state index >= 15 is 0 Å². The number of benzene rings is 2. The first-order valence-corrected chi connectivity index (χ1v) is 12.3. The highest BCUT2D eigenvalue weighted by Gasteiger charge is 2.06. The van der Waals surface area contributed by atoms with Gasteiger partial charge >= 0.3 is 0 Å². The molecule has 0 aliphatic carbocycles. The monoisotopic (exact) mass is 542 g/mol. The van der Waals surface area contributed by atoms with Crippen LogP contribution in [0.4, 0.5) is 0 Å². The highest BCUT2D eigenvalue weighted by Crippen LogP contribution is 2.23. The van der Waals surface area contributed by atoms with Gasteiger partial charge in [-0.3, -0.25) is 9.59 Å². The third-order valence-electron chi connectivity index (χ3n) is 4.93. The molecule has 2 aromatic rings. The Morgan fingerprint density at radius 3 is 1.38 bits per heavy atom. The van der Waals surface area contributed by atoms with Crippen molar-refractivity contribution in [2.75, 3.05) is 0 Å². The van der Waals surface area contributed by atoms with Gasteiger partial charge < -0.3 is 0 Å². The summed E-state index contributed by atoms with van der Waals surface area (Å²) in [6, 6.07) is 10.3. The number of halogens is 4. The van der Waals surface area contributed by atoms with Crippen LogP contribution in [0.3, 0.4) is 0 Å². The Morgan fingerprint density at radius 1 is 0.647 bits per heavy atom. The fourth-order valence-electron chi connectivity index (χ4n) is 2.90. The summed E-state index contributed by atoms with van der Waals surface area (Å²) in [5.74, 6) is -0.325. The molecule has 10 heteroatoms. The zero-order valence-electron chi connectivity index (χ0n) is 18.9. The Hall–Kier alpha value is -2.12. The van der Waals surface area contributed by atoms with E-state index in [0.717, 1.165) is 24.0 Å². The molecule has 0 unspecified atom stereocenters. The van der Waals surface area contributed by atoms with Crippen LogP contribution in [0.1, 0.15) is 63.5 Å². The minimum absolute atomic E-state index is 0.163. The van der Waals surface area contributed by atoms with Crippen molar-refractivity contribution >= 4 is 69.6 Å². The number of nitrogens with one attached hydrogen (secondary N) is 2. The molecule has 0 saturated heterocycles. The number of hydrogen-bond acceptors (Lipinski definition) is 4. The maximum Gasteiger partial charge on any atom is 0.240 e. The first-order valence-electron chi connectivity index (χ1n) is 10.7. The van der Waals surface area contributed by atoms with Gasteiger partial charge in [0.25, 0.3) is 0 Å². The molecule has 0 aliphatic rings. The van der Waals surface area contributed by atoms with Crippen LogP contribution in [-0.4, -0.2) is 23.2 Å². The molecule has 2 N–H and O–H groups in total. The van der Waals surface area contributed by atoms with Crippen molar-refractivity contribution in [1.82, 2.24) is 10.9 Å². The molecular formula is C24H26Cl4N4O2. The fraction of sp³-hybridized carbons (Fsp3) is 0.333. The third-order valence-corrected chi connectivity index (χ3v) is 6.41. The van der Waals surface area contributed by atoms with Crippen molar-refractivity contribution in [3.63, 3.8) is 0 Å². The minimum atomic E-state index is -0.163. The first-order chi connectivity index (χ1) is 16.2. The zero-order chi connectivity index (χ0) is 25.1. The molecule has 0 aliphatic heterocycles. The number of nitrogens with zero attached hydrogens (tertiary/aromatic N) is 2. The van der Waals surface area contributed by atoms with Crippen LogP contribution in [0.2, 0.25) is 20.1 Å². The largest absolute Gasteiger partial charge is 0.273 e. The maximum atomic E-state index is 12.0. The van der Waals surface area contributed by atoms with Crippen molar-refractivity contribution < 1.29 is 9.59 Å². The van der Waals surface area contributed by atoms with Gasteiger partial charge in [-0.05, 0) is 62.1 Å². The summed E-state index contributed by atoms with van der Waals surface area (Å²) in [5, 5.41) is 10.0. The highest BCUT2D eigenvalue weighted by molar-refractivity contribution is 6.42. The smallest absolute Gasteiger partial charge is 0.240 e. The molecule has 0 heterocycles. The van der Waals surface area contributed by atoms with Gasteiger partial charge in [0.15, 0.2) is 0 Å². The van der Waals surface area contributed by atoms with Crippen LogP contribution in [0, 0.1) is 0 Å². The standard InChI is InChI=1S/C24H26Cl4N4O2/c1-15(17-9-11-19(25)21(27)13-17)29-31-23(33)7-5-3-4-6-8-24(34)32-30-16(2)18-10-12-20(26)22(28)14-18/h9-14H,3-8H2,1-2H3,(H,31,33)(H,32,34). The second-order valence-corrected chi connectivity index (χ2v) is 9.27. The molecule has 2 aromatic carbocycles. The van der Waals surface area contributed by atoms with E-state index in [9.17, 15) is 9.59 Å². The number of hydrazone groups is 2. The Kier molecular flexibility index (Phi) is 11.8. The molecule has 0 aromatic heterocycles. The lowest BCUT2D eigenvalue weighted by Gasteiger charge is -2.05. The van der Waals surface area contributed by atoms with Crippen LogP contribution in [-0.2, 0) is 9.59 Å². The van der Waals surface area contributed by atoms with Crippen molar-refractivity contribution in [3.8, 4) is 0 Å². The van der Waals surface area contributed by atoms with Crippen LogP contribution in [0.25, 0.3) is 0 Å². The number of rotatable bonds is 11. The van der Waals surface area contributed by atoms with Crippen LogP contribution < -0.4 is 10.9 Å². The molecule has 182 valence electrons. The van der Waals surface area contributed by atoms with Gasteiger partial charge in [0.2, 0.25) is 11.8 Å². The molecular weight excluding hydrogens is 518 g/mol. The lowest BCUT2D eigenvalue weighted by Crippen LogP contribution is -2.19. The SMILES string of the molecule is CC(=NNC(=O)CCCCCCC(=O)NN=C(C)c1ccc(Cl)c(Cl)c1)c1ccc(Cl)c(Cl)c1. The average molecular weight is 544 g/mol. The predicted octanol–water partition coefficient (Wildman–Crippen LogP) is 7.02. The van der Waals surface area contributed by atoms with Gasteiger partial charge in [0, 0.05) is 12.8 Å². The fourth-order valence-corrected chi connectivity index (χ4v) is 3.50. The molecule has 0 saturated carbocycles.